The van der Waals surface area contributed by atoms with E-state index in [2.05, 4.69) is 4.98 Å². The van der Waals surface area contributed by atoms with E-state index in [1.165, 1.54) is 6.07 Å². The second-order valence-corrected chi connectivity index (χ2v) is 4.83. The Morgan fingerprint density at radius 3 is 2.71 bits per heavy atom. The highest BCUT2D eigenvalue weighted by atomic mass is 19.1. The van der Waals surface area contributed by atoms with Crippen LogP contribution in [0.5, 0.6) is 0 Å². The summed E-state index contributed by atoms with van der Waals surface area (Å²) >= 11 is 0. The predicted molar refractivity (Wildman–Crippen MR) is 65.5 cm³/mol. The highest BCUT2D eigenvalue weighted by molar-refractivity contribution is 5.39. The molecular weight excluding hydrogens is 217 g/mol. The van der Waals surface area contributed by atoms with Crippen LogP contribution >= 0.6 is 0 Å². The molecule has 2 N–H and O–H groups in total. The van der Waals surface area contributed by atoms with Crippen molar-refractivity contribution in [2.24, 2.45) is 5.73 Å². The van der Waals surface area contributed by atoms with Crippen molar-refractivity contribution in [1.82, 2.24) is 9.55 Å². The Balaban J connectivity index is 2.61. The molecule has 0 fully saturated rings. The molecule has 0 saturated carbocycles. The van der Waals surface area contributed by atoms with Crippen LogP contribution in [-0.4, -0.2) is 9.55 Å². The number of imidazole rings is 1. The van der Waals surface area contributed by atoms with Gasteiger partial charge in [0.15, 0.2) is 0 Å². The monoisotopic (exact) mass is 233 g/mol. The summed E-state index contributed by atoms with van der Waals surface area (Å²) in [5.74, 6) is -0.279. The fourth-order valence-electron chi connectivity index (χ4n) is 1.77. The molecule has 0 aliphatic heterocycles. The van der Waals surface area contributed by atoms with Gasteiger partial charge in [0, 0.05) is 0 Å². The molecule has 4 heteroatoms. The van der Waals surface area contributed by atoms with Crippen LogP contribution in [0, 0.1) is 12.7 Å². The van der Waals surface area contributed by atoms with Gasteiger partial charge < -0.3 is 5.73 Å². The van der Waals surface area contributed by atoms with E-state index >= 15 is 0 Å². The van der Waals surface area contributed by atoms with Crippen molar-refractivity contribution in [3.63, 3.8) is 0 Å². The molecule has 1 aromatic carbocycles. The highest BCUT2D eigenvalue weighted by Gasteiger charge is 2.21. The van der Waals surface area contributed by atoms with Crippen LogP contribution in [0.4, 0.5) is 4.39 Å². The summed E-state index contributed by atoms with van der Waals surface area (Å²) in [6, 6.07) is 4.98. The van der Waals surface area contributed by atoms with Gasteiger partial charge in [-0.3, -0.25) is 4.57 Å². The smallest absolute Gasteiger partial charge is 0.147 e. The van der Waals surface area contributed by atoms with Crippen LogP contribution in [0.25, 0.3) is 5.69 Å². The molecule has 1 aromatic heterocycles. The Hall–Kier alpha value is -1.68. The summed E-state index contributed by atoms with van der Waals surface area (Å²) in [6.45, 7) is 5.66. The molecule has 1 heterocycles. The molecule has 0 unspecified atom stereocenters. The maximum atomic E-state index is 13.8. The van der Waals surface area contributed by atoms with E-state index in [0.717, 1.165) is 11.3 Å². The summed E-state index contributed by atoms with van der Waals surface area (Å²) in [5, 5.41) is 0. The summed E-state index contributed by atoms with van der Waals surface area (Å²) in [5.41, 5.74) is 7.74. The van der Waals surface area contributed by atoms with Crippen molar-refractivity contribution in [3.8, 4) is 5.69 Å². The molecule has 0 aliphatic rings. The number of halogens is 1. The van der Waals surface area contributed by atoms with E-state index in [1.807, 2.05) is 20.8 Å². The molecule has 0 saturated heterocycles. The molecular formula is C13H16FN3. The van der Waals surface area contributed by atoms with E-state index in [0.29, 0.717) is 5.69 Å². The van der Waals surface area contributed by atoms with Gasteiger partial charge in [0.2, 0.25) is 0 Å². The number of aryl methyl sites for hydroxylation is 1. The third-order valence-corrected chi connectivity index (χ3v) is 2.66. The normalized spacial score (nSPS) is 11.8. The number of rotatable bonds is 2. The van der Waals surface area contributed by atoms with Crippen molar-refractivity contribution in [2.45, 2.75) is 26.3 Å². The van der Waals surface area contributed by atoms with Crippen LogP contribution in [0.1, 0.15) is 25.1 Å². The van der Waals surface area contributed by atoms with Gasteiger partial charge in [-0.15, -0.1) is 0 Å². The minimum Gasteiger partial charge on any atom is -0.321 e. The molecule has 0 radical (unpaired) electrons. The molecule has 0 aliphatic carbocycles. The lowest BCUT2D eigenvalue weighted by Gasteiger charge is -2.21. The maximum Gasteiger partial charge on any atom is 0.147 e. The number of nitrogens with two attached hydrogens (primary N) is 1. The summed E-state index contributed by atoms with van der Waals surface area (Å²) in [6.07, 6.45) is 3.25. The Bertz CT molecular complexity index is 538. The van der Waals surface area contributed by atoms with Gasteiger partial charge >= 0.3 is 0 Å². The van der Waals surface area contributed by atoms with Gasteiger partial charge in [-0.1, -0.05) is 6.07 Å². The van der Waals surface area contributed by atoms with Gasteiger partial charge in [0.1, 0.15) is 5.82 Å². The van der Waals surface area contributed by atoms with Gasteiger partial charge in [-0.05, 0) is 38.5 Å². The summed E-state index contributed by atoms with van der Waals surface area (Å²) < 4.78 is 15.5. The van der Waals surface area contributed by atoms with Crippen LogP contribution in [0.15, 0.2) is 30.7 Å². The van der Waals surface area contributed by atoms with Crippen molar-refractivity contribution < 1.29 is 4.39 Å². The van der Waals surface area contributed by atoms with E-state index in [-0.39, 0.29) is 5.82 Å². The molecule has 17 heavy (non-hydrogen) atoms. The average molecular weight is 233 g/mol. The Kier molecular flexibility index (Phi) is 2.75. The third kappa shape index (κ3) is 2.22. The minimum atomic E-state index is -0.563. The molecule has 0 atom stereocenters. The molecule has 0 spiro atoms. The third-order valence-electron chi connectivity index (χ3n) is 2.66. The van der Waals surface area contributed by atoms with E-state index in [1.54, 1.807) is 29.2 Å². The highest BCUT2D eigenvalue weighted by Crippen LogP contribution is 2.23. The lowest BCUT2D eigenvalue weighted by molar-refractivity contribution is 0.519. The molecule has 0 amide bonds. The van der Waals surface area contributed by atoms with Gasteiger partial charge in [0.25, 0.3) is 0 Å². The number of benzene rings is 1. The van der Waals surface area contributed by atoms with Crippen molar-refractivity contribution in [3.05, 3.63) is 47.8 Å². The molecule has 2 aromatic rings. The van der Waals surface area contributed by atoms with Gasteiger partial charge in [-0.25, -0.2) is 9.37 Å². The number of hydrogen-bond acceptors (Lipinski definition) is 2. The first-order valence-corrected chi connectivity index (χ1v) is 5.48. The van der Waals surface area contributed by atoms with E-state index < -0.39 is 5.54 Å². The zero-order valence-corrected chi connectivity index (χ0v) is 10.2. The molecule has 2 rings (SSSR count). The van der Waals surface area contributed by atoms with Crippen LogP contribution in [-0.2, 0) is 5.54 Å². The van der Waals surface area contributed by atoms with Gasteiger partial charge in [0.05, 0.1) is 29.4 Å². The van der Waals surface area contributed by atoms with Crippen LogP contribution in [0.2, 0.25) is 0 Å². The quantitative estimate of drug-likeness (QED) is 0.866. The number of aromatic nitrogens is 2. The first-order chi connectivity index (χ1) is 7.89. The van der Waals surface area contributed by atoms with E-state index in [9.17, 15) is 4.39 Å². The summed E-state index contributed by atoms with van der Waals surface area (Å²) in [4.78, 5) is 4.05. The Morgan fingerprint density at radius 2 is 2.06 bits per heavy atom. The summed E-state index contributed by atoms with van der Waals surface area (Å²) in [7, 11) is 0. The molecule has 0 bridgehead atoms. The topological polar surface area (TPSA) is 43.8 Å². The lowest BCUT2D eigenvalue weighted by Crippen LogP contribution is -2.31. The van der Waals surface area contributed by atoms with Crippen molar-refractivity contribution in [1.29, 1.82) is 0 Å². The fourth-order valence-corrected chi connectivity index (χ4v) is 1.77. The Labute approximate surface area is 100 Å². The molecule has 3 nitrogen and oxygen atoms in total. The standard InChI is InChI=1S/C13H16FN3/c1-9-4-5-10(14)11(6-9)17-8-16-7-12(17)13(2,3)15/h4-8H,15H2,1-3H3. The van der Waals surface area contributed by atoms with E-state index in [4.69, 9.17) is 5.73 Å². The number of nitrogens with zero attached hydrogens (tertiary/aromatic N) is 2. The SMILES string of the molecule is Cc1ccc(F)c(-n2cncc2C(C)(C)N)c1. The molecule has 90 valence electrons. The lowest BCUT2D eigenvalue weighted by atomic mass is 10.0. The maximum absolute atomic E-state index is 13.8. The first kappa shape index (κ1) is 11.8. The van der Waals surface area contributed by atoms with Crippen molar-refractivity contribution in [2.75, 3.05) is 0 Å². The fraction of sp³-hybridized carbons (Fsp3) is 0.308. The van der Waals surface area contributed by atoms with Crippen molar-refractivity contribution >= 4 is 0 Å². The zero-order valence-electron chi connectivity index (χ0n) is 10.2. The Morgan fingerprint density at radius 1 is 1.35 bits per heavy atom. The average Bonchev–Trinajstić information content (AvgIpc) is 2.69. The zero-order chi connectivity index (χ0) is 12.6. The second kappa shape index (κ2) is 3.96. The largest absolute Gasteiger partial charge is 0.321 e. The van der Waals surface area contributed by atoms with Crippen LogP contribution < -0.4 is 5.73 Å². The minimum absolute atomic E-state index is 0.279. The van der Waals surface area contributed by atoms with Gasteiger partial charge in [-0.2, -0.15) is 0 Å². The second-order valence-electron chi connectivity index (χ2n) is 4.83. The number of hydrogen-bond donors (Lipinski definition) is 1. The van der Waals surface area contributed by atoms with Crippen LogP contribution in [0.3, 0.4) is 0 Å². The predicted octanol–water partition coefficient (Wildman–Crippen LogP) is 2.51. The first-order valence-electron chi connectivity index (χ1n) is 5.48.